The zero-order valence-electron chi connectivity index (χ0n) is 17.7. The van der Waals surface area contributed by atoms with Gasteiger partial charge in [-0.2, -0.15) is 0 Å². The number of hydrogen-bond donors (Lipinski definition) is 0. The van der Waals surface area contributed by atoms with Crippen molar-refractivity contribution in [2.75, 3.05) is 26.2 Å². The smallest absolute Gasteiger partial charge is 0.410 e. The first-order chi connectivity index (χ1) is 12.6. The lowest BCUT2D eigenvalue weighted by Gasteiger charge is -2.37. The SMILES string of the molecule is CC/C=C(\C=C(\CC(F)F)C(C)CC)N1CCN(C(=O)OC(C)(C)C)CC1. The van der Waals surface area contributed by atoms with Gasteiger partial charge in [-0.15, -0.1) is 0 Å². The Morgan fingerprint density at radius 3 is 2.11 bits per heavy atom. The highest BCUT2D eigenvalue weighted by molar-refractivity contribution is 5.68. The van der Waals surface area contributed by atoms with Gasteiger partial charge in [0.2, 0.25) is 6.43 Å². The standard InChI is InChI=1S/C21H36F2N2O2/c1-7-9-18(14-17(15-19(22)23)16(3)8-2)24-10-12-25(13-11-24)20(26)27-21(4,5)6/h9,14,16,19H,7-8,10-13,15H2,1-6H3/b17-14-,18-9+. The molecule has 1 saturated heterocycles. The van der Waals surface area contributed by atoms with Gasteiger partial charge in [0.25, 0.3) is 0 Å². The number of ether oxygens (including phenoxy) is 1. The van der Waals surface area contributed by atoms with Crippen LogP contribution in [0.25, 0.3) is 0 Å². The van der Waals surface area contributed by atoms with E-state index in [4.69, 9.17) is 4.74 Å². The average molecular weight is 387 g/mol. The molecule has 0 saturated carbocycles. The maximum absolute atomic E-state index is 13.0. The summed E-state index contributed by atoms with van der Waals surface area (Å²) in [6, 6.07) is 0. The monoisotopic (exact) mass is 386 g/mol. The molecule has 1 fully saturated rings. The predicted octanol–water partition coefficient (Wildman–Crippen LogP) is 5.46. The number of carbonyl (C=O) groups is 1. The second-order valence-corrected chi connectivity index (χ2v) is 8.12. The molecule has 0 spiro atoms. The molecule has 0 radical (unpaired) electrons. The number of nitrogens with zero attached hydrogens (tertiary/aromatic N) is 2. The molecule has 0 aliphatic carbocycles. The van der Waals surface area contributed by atoms with Crippen molar-refractivity contribution in [2.45, 2.75) is 72.8 Å². The molecule has 0 aromatic carbocycles. The Hall–Kier alpha value is -1.59. The van der Waals surface area contributed by atoms with Crippen molar-refractivity contribution in [2.24, 2.45) is 5.92 Å². The fourth-order valence-corrected chi connectivity index (χ4v) is 2.99. The minimum Gasteiger partial charge on any atom is -0.444 e. The normalized spacial score (nSPS) is 18.1. The summed E-state index contributed by atoms with van der Waals surface area (Å²) < 4.78 is 31.4. The molecule has 1 amide bonds. The first kappa shape index (κ1) is 23.4. The summed E-state index contributed by atoms with van der Waals surface area (Å²) in [5, 5.41) is 0. The first-order valence-electron chi connectivity index (χ1n) is 9.99. The minimum atomic E-state index is -2.34. The van der Waals surface area contributed by atoms with E-state index in [1.165, 1.54) is 0 Å². The van der Waals surface area contributed by atoms with Gasteiger partial charge in [-0.25, -0.2) is 13.6 Å². The Bertz CT molecular complexity index is 531. The van der Waals surface area contributed by atoms with Crippen LogP contribution in [0.1, 0.15) is 60.8 Å². The van der Waals surface area contributed by atoms with Crippen molar-refractivity contribution in [3.8, 4) is 0 Å². The molecule has 4 nitrogen and oxygen atoms in total. The maximum atomic E-state index is 13.0. The number of halogens is 2. The summed E-state index contributed by atoms with van der Waals surface area (Å²) in [5.41, 5.74) is 1.27. The van der Waals surface area contributed by atoms with E-state index in [9.17, 15) is 13.6 Å². The van der Waals surface area contributed by atoms with E-state index in [0.717, 1.165) is 24.1 Å². The Labute approximate surface area is 163 Å². The van der Waals surface area contributed by atoms with Crippen molar-refractivity contribution < 1.29 is 18.3 Å². The summed E-state index contributed by atoms with van der Waals surface area (Å²) in [7, 11) is 0. The van der Waals surface area contributed by atoms with E-state index in [-0.39, 0.29) is 18.4 Å². The molecule has 1 rings (SSSR count). The van der Waals surface area contributed by atoms with Crippen LogP contribution in [0.5, 0.6) is 0 Å². The second kappa shape index (κ2) is 10.7. The highest BCUT2D eigenvalue weighted by Gasteiger charge is 2.26. The number of hydrogen-bond acceptors (Lipinski definition) is 3. The molecular weight excluding hydrogens is 350 g/mol. The van der Waals surface area contributed by atoms with Gasteiger partial charge in [0, 0.05) is 38.3 Å². The molecule has 0 bridgehead atoms. The van der Waals surface area contributed by atoms with Crippen molar-refractivity contribution in [3.63, 3.8) is 0 Å². The van der Waals surface area contributed by atoms with Crippen LogP contribution in [0.2, 0.25) is 0 Å². The molecule has 1 heterocycles. The quantitative estimate of drug-likeness (QED) is 0.545. The predicted molar refractivity (Wildman–Crippen MR) is 106 cm³/mol. The molecule has 1 atom stereocenters. The van der Waals surface area contributed by atoms with Crippen molar-refractivity contribution >= 4 is 6.09 Å². The zero-order chi connectivity index (χ0) is 20.6. The van der Waals surface area contributed by atoms with Gasteiger partial charge in [0.05, 0.1) is 0 Å². The summed E-state index contributed by atoms with van der Waals surface area (Å²) in [6.45, 7) is 14.1. The summed E-state index contributed by atoms with van der Waals surface area (Å²) in [5.74, 6) is 0.127. The molecule has 6 heteroatoms. The third-order valence-corrected chi connectivity index (χ3v) is 4.68. The van der Waals surface area contributed by atoms with Crippen LogP contribution in [0.3, 0.4) is 0 Å². The first-order valence-corrected chi connectivity index (χ1v) is 9.99. The Balaban J connectivity index is 2.84. The van der Waals surface area contributed by atoms with Gasteiger partial charge >= 0.3 is 6.09 Å². The lowest BCUT2D eigenvalue weighted by molar-refractivity contribution is 0.0170. The molecule has 0 aromatic heterocycles. The summed E-state index contributed by atoms with van der Waals surface area (Å²) in [4.78, 5) is 16.1. The van der Waals surface area contributed by atoms with Crippen LogP contribution < -0.4 is 0 Å². The minimum absolute atomic E-state index is 0.127. The number of piperazine rings is 1. The van der Waals surface area contributed by atoms with Crippen LogP contribution in [-0.2, 0) is 4.74 Å². The highest BCUT2D eigenvalue weighted by Crippen LogP contribution is 2.25. The average Bonchev–Trinajstić information content (AvgIpc) is 2.58. The van der Waals surface area contributed by atoms with Crippen molar-refractivity contribution in [3.05, 3.63) is 23.4 Å². The number of allylic oxidation sites excluding steroid dienone is 3. The molecule has 27 heavy (non-hydrogen) atoms. The highest BCUT2D eigenvalue weighted by atomic mass is 19.3. The lowest BCUT2D eigenvalue weighted by atomic mass is 9.94. The van der Waals surface area contributed by atoms with Gasteiger partial charge in [-0.1, -0.05) is 32.4 Å². The molecule has 156 valence electrons. The third-order valence-electron chi connectivity index (χ3n) is 4.68. The van der Waals surface area contributed by atoms with Crippen molar-refractivity contribution in [1.29, 1.82) is 0 Å². The number of amides is 1. The van der Waals surface area contributed by atoms with Crippen LogP contribution in [0, 0.1) is 5.92 Å². The molecular formula is C21H36F2N2O2. The molecule has 0 aromatic rings. The van der Waals surface area contributed by atoms with E-state index >= 15 is 0 Å². The fourth-order valence-electron chi connectivity index (χ4n) is 2.99. The summed E-state index contributed by atoms with van der Waals surface area (Å²) >= 11 is 0. The van der Waals surface area contributed by atoms with Crippen LogP contribution in [0.4, 0.5) is 13.6 Å². The molecule has 1 aliphatic rings. The number of rotatable bonds is 7. The maximum Gasteiger partial charge on any atom is 0.410 e. The van der Waals surface area contributed by atoms with Gasteiger partial charge in [0.1, 0.15) is 5.60 Å². The largest absolute Gasteiger partial charge is 0.444 e. The van der Waals surface area contributed by atoms with Crippen molar-refractivity contribution in [1.82, 2.24) is 9.80 Å². The van der Waals surface area contributed by atoms with Gasteiger partial charge in [-0.05, 0) is 45.6 Å². The Morgan fingerprint density at radius 2 is 1.67 bits per heavy atom. The van der Waals surface area contributed by atoms with E-state index in [0.29, 0.717) is 26.2 Å². The molecule has 0 N–H and O–H groups in total. The number of alkyl halides is 2. The Kier molecular flexibility index (Phi) is 9.27. The molecule has 1 unspecified atom stereocenters. The summed E-state index contributed by atoms with van der Waals surface area (Å²) in [6.07, 6.45) is 2.87. The topological polar surface area (TPSA) is 32.8 Å². The van der Waals surface area contributed by atoms with Crippen LogP contribution >= 0.6 is 0 Å². The second-order valence-electron chi connectivity index (χ2n) is 8.12. The fraction of sp³-hybridized carbons (Fsp3) is 0.762. The van der Waals surface area contributed by atoms with Gasteiger partial charge < -0.3 is 14.5 Å². The van der Waals surface area contributed by atoms with Crippen LogP contribution in [-0.4, -0.2) is 54.1 Å². The zero-order valence-corrected chi connectivity index (χ0v) is 17.7. The van der Waals surface area contributed by atoms with E-state index in [2.05, 4.69) is 11.0 Å². The lowest BCUT2D eigenvalue weighted by Crippen LogP contribution is -2.49. The van der Waals surface area contributed by atoms with Crippen LogP contribution in [0.15, 0.2) is 23.4 Å². The van der Waals surface area contributed by atoms with E-state index in [1.54, 1.807) is 4.90 Å². The molecule has 1 aliphatic heterocycles. The third kappa shape index (κ3) is 8.31. The van der Waals surface area contributed by atoms with Gasteiger partial charge in [0.15, 0.2) is 0 Å². The van der Waals surface area contributed by atoms with E-state index < -0.39 is 12.0 Å². The Morgan fingerprint density at radius 1 is 1.11 bits per heavy atom. The number of carbonyl (C=O) groups excluding carboxylic acids is 1. The van der Waals surface area contributed by atoms with Gasteiger partial charge in [-0.3, -0.25) is 0 Å². The van der Waals surface area contributed by atoms with E-state index in [1.807, 2.05) is 47.6 Å².